The van der Waals surface area contributed by atoms with E-state index in [9.17, 15) is 13.6 Å². The predicted molar refractivity (Wildman–Crippen MR) is 101 cm³/mol. The summed E-state index contributed by atoms with van der Waals surface area (Å²) in [5.41, 5.74) is 1.27. The average molecular weight is 372 g/mol. The minimum atomic E-state index is -0.292. The summed E-state index contributed by atoms with van der Waals surface area (Å²) in [7, 11) is 0. The zero-order valence-electron chi connectivity index (χ0n) is 14.3. The van der Waals surface area contributed by atoms with Gasteiger partial charge in [-0.15, -0.1) is 11.3 Å². The maximum absolute atomic E-state index is 14.1. The Hall–Kier alpha value is -2.47. The van der Waals surface area contributed by atoms with Gasteiger partial charge in [0.25, 0.3) is 5.91 Å². The lowest BCUT2D eigenvalue weighted by Gasteiger charge is -2.36. The quantitative estimate of drug-likeness (QED) is 0.664. The van der Waals surface area contributed by atoms with Gasteiger partial charge in [0.1, 0.15) is 11.6 Å². The molecular weight excluding hydrogens is 354 g/mol. The van der Waals surface area contributed by atoms with E-state index in [1.165, 1.54) is 23.5 Å². The number of hydrogen-bond acceptors (Lipinski definition) is 3. The summed E-state index contributed by atoms with van der Waals surface area (Å²) in [4.78, 5) is 17.2. The minimum absolute atomic E-state index is 0.0729. The maximum Gasteiger partial charge on any atom is 0.264 e. The van der Waals surface area contributed by atoms with E-state index in [0.29, 0.717) is 47.7 Å². The molecule has 1 aliphatic heterocycles. The van der Waals surface area contributed by atoms with Gasteiger partial charge in [0.2, 0.25) is 0 Å². The molecule has 6 heteroatoms. The molecule has 1 amide bonds. The lowest BCUT2D eigenvalue weighted by Crippen LogP contribution is -2.49. The molecule has 1 aliphatic rings. The van der Waals surface area contributed by atoms with Gasteiger partial charge in [0.15, 0.2) is 0 Å². The van der Waals surface area contributed by atoms with Crippen LogP contribution >= 0.6 is 11.3 Å². The lowest BCUT2D eigenvalue weighted by molar-refractivity contribution is 0.0751. The molecule has 0 spiro atoms. The van der Waals surface area contributed by atoms with Gasteiger partial charge in [-0.05, 0) is 36.8 Å². The van der Waals surface area contributed by atoms with Crippen LogP contribution in [0.25, 0.3) is 10.1 Å². The number of fused-ring (bicyclic) bond motifs is 1. The first kappa shape index (κ1) is 17.0. The van der Waals surface area contributed by atoms with Crippen molar-refractivity contribution >= 4 is 33.0 Å². The fraction of sp³-hybridized carbons (Fsp3) is 0.250. The number of carbonyl (C=O) groups excluding carboxylic acids is 1. The Kier molecular flexibility index (Phi) is 4.36. The van der Waals surface area contributed by atoms with Gasteiger partial charge in [-0.3, -0.25) is 4.79 Å². The number of rotatable bonds is 2. The first-order valence-corrected chi connectivity index (χ1v) is 9.34. The molecule has 2 heterocycles. The van der Waals surface area contributed by atoms with E-state index in [0.717, 1.165) is 4.70 Å². The molecule has 0 radical (unpaired) electrons. The largest absolute Gasteiger partial charge is 0.366 e. The number of aryl methyl sites for hydroxylation is 1. The standard InChI is InChI=1S/C20H18F2N2OS/c1-13-18-15(22)6-4-8-17(18)26-19(13)20(25)24-11-9-23(10-12-24)16-7-3-2-5-14(16)21/h2-8H,9-12H2,1H3. The molecule has 4 rings (SSSR count). The van der Waals surface area contributed by atoms with E-state index < -0.39 is 0 Å². The molecule has 1 aromatic heterocycles. The molecule has 0 atom stereocenters. The van der Waals surface area contributed by atoms with Crippen molar-refractivity contribution in [2.75, 3.05) is 31.1 Å². The van der Waals surface area contributed by atoms with Crippen LogP contribution in [-0.2, 0) is 0 Å². The average Bonchev–Trinajstić information content (AvgIpc) is 3.00. The lowest BCUT2D eigenvalue weighted by atomic mass is 10.1. The number of piperazine rings is 1. The van der Waals surface area contributed by atoms with Crippen molar-refractivity contribution in [3.63, 3.8) is 0 Å². The summed E-state index contributed by atoms with van der Waals surface area (Å²) in [5, 5.41) is 0.533. The molecule has 1 fully saturated rings. The molecule has 0 bridgehead atoms. The molecule has 26 heavy (non-hydrogen) atoms. The summed E-state index contributed by atoms with van der Waals surface area (Å²) in [6.45, 7) is 3.98. The van der Waals surface area contributed by atoms with Gasteiger partial charge in [0, 0.05) is 36.3 Å². The first-order valence-electron chi connectivity index (χ1n) is 8.52. The first-order chi connectivity index (χ1) is 12.6. The zero-order valence-corrected chi connectivity index (χ0v) is 15.2. The van der Waals surface area contributed by atoms with Crippen LogP contribution in [0.1, 0.15) is 15.2 Å². The topological polar surface area (TPSA) is 23.6 Å². The second-order valence-corrected chi connectivity index (χ2v) is 7.45. The van der Waals surface area contributed by atoms with Gasteiger partial charge in [-0.2, -0.15) is 0 Å². The highest BCUT2D eigenvalue weighted by atomic mass is 32.1. The number of benzene rings is 2. The Morgan fingerprint density at radius 2 is 1.65 bits per heavy atom. The number of thiophene rings is 1. The van der Waals surface area contributed by atoms with Crippen molar-refractivity contribution in [1.82, 2.24) is 4.90 Å². The van der Waals surface area contributed by atoms with Crippen LogP contribution in [-0.4, -0.2) is 37.0 Å². The van der Waals surface area contributed by atoms with Crippen LogP contribution in [0.2, 0.25) is 0 Å². The third-order valence-electron chi connectivity index (χ3n) is 4.86. The minimum Gasteiger partial charge on any atom is -0.366 e. The van der Waals surface area contributed by atoms with Gasteiger partial charge in [0.05, 0.1) is 10.6 Å². The van der Waals surface area contributed by atoms with Crippen molar-refractivity contribution in [2.24, 2.45) is 0 Å². The van der Waals surface area contributed by atoms with Gasteiger partial charge >= 0.3 is 0 Å². The number of para-hydroxylation sites is 1. The molecule has 1 saturated heterocycles. The molecule has 0 unspecified atom stereocenters. The van der Waals surface area contributed by atoms with Crippen LogP contribution in [0.5, 0.6) is 0 Å². The Bertz CT molecular complexity index is 977. The number of halogens is 2. The number of nitrogens with zero attached hydrogens (tertiary/aromatic N) is 2. The normalized spacial score (nSPS) is 14.9. The summed E-state index contributed by atoms with van der Waals surface area (Å²) in [6, 6.07) is 11.6. The Morgan fingerprint density at radius 1 is 0.962 bits per heavy atom. The third-order valence-corrected chi connectivity index (χ3v) is 6.10. The van der Waals surface area contributed by atoms with Crippen LogP contribution < -0.4 is 4.90 Å². The summed E-state index contributed by atoms with van der Waals surface area (Å²) >= 11 is 1.33. The Balaban J connectivity index is 1.53. The van der Waals surface area contributed by atoms with Gasteiger partial charge in [-0.1, -0.05) is 18.2 Å². The van der Waals surface area contributed by atoms with Crippen LogP contribution in [0, 0.1) is 18.6 Å². The van der Waals surface area contributed by atoms with E-state index in [2.05, 4.69) is 0 Å². The fourth-order valence-electron chi connectivity index (χ4n) is 3.46. The third kappa shape index (κ3) is 2.84. The molecule has 134 valence electrons. The molecule has 0 aliphatic carbocycles. The van der Waals surface area contributed by atoms with Crippen molar-refractivity contribution < 1.29 is 13.6 Å². The molecule has 3 aromatic rings. The number of carbonyl (C=O) groups is 1. The highest BCUT2D eigenvalue weighted by Crippen LogP contribution is 2.33. The zero-order chi connectivity index (χ0) is 18.3. The van der Waals surface area contributed by atoms with Crippen molar-refractivity contribution in [2.45, 2.75) is 6.92 Å². The number of hydrogen-bond donors (Lipinski definition) is 0. The molecule has 2 aromatic carbocycles. The monoisotopic (exact) mass is 372 g/mol. The highest BCUT2D eigenvalue weighted by molar-refractivity contribution is 7.21. The molecule has 3 nitrogen and oxygen atoms in total. The molecular formula is C20H18F2N2OS. The van der Waals surface area contributed by atoms with Crippen LogP contribution in [0.15, 0.2) is 42.5 Å². The smallest absolute Gasteiger partial charge is 0.264 e. The van der Waals surface area contributed by atoms with Crippen molar-refractivity contribution in [1.29, 1.82) is 0 Å². The second kappa shape index (κ2) is 6.68. The predicted octanol–water partition coefficient (Wildman–Crippen LogP) is 4.45. The Morgan fingerprint density at radius 3 is 2.35 bits per heavy atom. The van der Waals surface area contributed by atoms with E-state index in [4.69, 9.17) is 0 Å². The molecule has 0 saturated carbocycles. The summed E-state index contributed by atoms with van der Waals surface area (Å²) < 4.78 is 28.8. The van der Waals surface area contributed by atoms with Gasteiger partial charge in [-0.25, -0.2) is 8.78 Å². The van der Waals surface area contributed by atoms with E-state index in [1.54, 1.807) is 30.0 Å². The van der Waals surface area contributed by atoms with Crippen molar-refractivity contribution in [3.8, 4) is 0 Å². The van der Waals surface area contributed by atoms with Crippen LogP contribution in [0.4, 0.5) is 14.5 Å². The second-order valence-electron chi connectivity index (χ2n) is 6.40. The highest BCUT2D eigenvalue weighted by Gasteiger charge is 2.26. The fourth-order valence-corrected chi connectivity index (χ4v) is 4.65. The van der Waals surface area contributed by atoms with Crippen LogP contribution in [0.3, 0.4) is 0 Å². The SMILES string of the molecule is Cc1c(C(=O)N2CCN(c3ccccc3F)CC2)sc2cccc(F)c12. The van der Waals surface area contributed by atoms with Gasteiger partial charge < -0.3 is 9.80 Å². The van der Waals surface area contributed by atoms with E-state index >= 15 is 0 Å². The number of anilines is 1. The number of amides is 1. The van der Waals surface area contributed by atoms with E-state index in [1.807, 2.05) is 17.0 Å². The van der Waals surface area contributed by atoms with Crippen molar-refractivity contribution in [3.05, 3.63) is 64.5 Å². The Labute approximate surface area is 154 Å². The summed E-state index contributed by atoms with van der Waals surface area (Å²) in [5.74, 6) is -0.612. The maximum atomic E-state index is 14.1. The molecule has 0 N–H and O–H groups in total. The van der Waals surface area contributed by atoms with E-state index in [-0.39, 0.29) is 17.5 Å². The summed E-state index contributed by atoms with van der Waals surface area (Å²) in [6.07, 6.45) is 0.